The molecule has 3 atom stereocenters. The molecule has 0 aliphatic carbocycles. The SMILES string of the molecule is C=CC[C@H](C[C@H](C/C=C/C(=O)N1C(=O)OC[C@@H]1C(C)(C)C)[Si](C)(C)c1ccccc1)OCc1ccccc1. The van der Waals surface area contributed by atoms with Crippen molar-refractivity contribution < 1.29 is 19.1 Å². The Morgan fingerprint density at radius 3 is 2.34 bits per heavy atom. The molecule has 0 saturated carbocycles. The number of amides is 2. The van der Waals surface area contributed by atoms with Gasteiger partial charge < -0.3 is 9.47 Å². The van der Waals surface area contributed by atoms with Crippen LogP contribution in [0.4, 0.5) is 4.79 Å². The summed E-state index contributed by atoms with van der Waals surface area (Å²) in [6, 6.07) is 20.6. The fourth-order valence-electron chi connectivity index (χ4n) is 5.03. The maximum atomic E-state index is 13.1. The third-order valence-corrected chi connectivity index (χ3v) is 12.0. The average Bonchev–Trinajstić information content (AvgIpc) is 3.29. The first kappa shape index (κ1) is 29.6. The van der Waals surface area contributed by atoms with E-state index in [4.69, 9.17) is 9.47 Å². The Labute approximate surface area is 229 Å². The van der Waals surface area contributed by atoms with Crippen LogP contribution in [0.5, 0.6) is 0 Å². The summed E-state index contributed by atoms with van der Waals surface area (Å²) in [5, 5.41) is 1.38. The molecule has 0 N–H and O–H groups in total. The third-order valence-electron chi connectivity index (χ3n) is 7.64. The number of hydrogen-bond donors (Lipinski definition) is 0. The lowest BCUT2D eigenvalue weighted by Crippen LogP contribution is -2.47. The molecule has 0 spiro atoms. The van der Waals surface area contributed by atoms with Gasteiger partial charge in [-0.15, -0.1) is 6.58 Å². The Hall–Kier alpha value is -2.96. The van der Waals surface area contributed by atoms with Crippen LogP contribution in [0.3, 0.4) is 0 Å². The van der Waals surface area contributed by atoms with E-state index in [1.165, 1.54) is 10.1 Å². The van der Waals surface area contributed by atoms with Crippen molar-refractivity contribution in [2.24, 2.45) is 5.41 Å². The Bertz CT molecular complexity index is 1090. The van der Waals surface area contributed by atoms with E-state index in [0.717, 1.165) is 24.8 Å². The van der Waals surface area contributed by atoms with E-state index in [0.29, 0.717) is 12.1 Å². The van der Waals surface area contributed by atoms with Gasteiger partial charge in [-0.1, -0.05) is 112 Å². The number of nitrogens with zero attached hydrogens (tertiary/aromatic N) is 1. The lowest BCUT2D eigenvalue weighted by Gasteiger charge is -2.35. The largest absolute Gasteiger partial charge is 0.447 e. The second-order valence-corrected chi connectivity index (χ2v) is 16.6. The maximum Gasteiger partial charge on any atom is 0.417 e. The van der Waals surface area contributed by atoms with Gasteiger partial charge in [0.05, 0.1) is 26.8 Å². The van der Waals surface area contributed by atoms with E-state index >= 15 is 0 Å². The van der Waals surface area contributed by atoms with E-state index in [2.05, 4.69) is 56.1 Å². The summed E-state index contributed by atoms with van der Waals surface area (Å²) in [7, 11) is -1.95. The van der Waals surface area contributed by atoms with Crippen LogP contribution in [0.25, 0.3) is 0 Å². The molecular weight excluding hydrogens is 490 g/mol. The lowest BCUT2D eigenvalue weighted by molar-refractivity contribution is -0.125. The molecule has 1 fully saturated rings. The minimum absolute atomic E-state index is 0.0242. The molecule has 6 heteroatoms. The first-order valence-electron chi connectivity index (χ1n) is 13.5. The quantitative estimate of drug-likeness (QED) is 0.170. The van der Waals surface area contributed by atoms with Gasteiger partial charge in [-0.3, -0.25) is 4.79 Å². The highest BCUT2D eigenvalue weighted by molar-refractivity contribution is 6.91. The number of carbonyl (C=O) groups excluding carboxylic acids is 2. The van der Waals surface area contributed by atoms with Gasteiger partial charge in [0.1, 0.15) is 6.61 Å². The van der Waals surface area contributed by atoms with Gasteiger partial charge in [0.15, 0.2) is 0 Å². The molecule has 204 valence electrons. The summed E-state index contributed by atoms with van der Waals surface area (Å²) >= 11 is 0. The summed E-state index contributed by atoms with van der Waals surface area (Å²) in [6.45, 7) is 15.6. The van der Waals surface area contributed by atoms with Crippen LogP contribution in [0, 0.1) is 5.41 Å². The number of rotatable bonds is 12. The molecule has 1 saturated heterocycles. The third kappa shape index (κ3) is 7.78. The molecule has 2 amide bonds. The van der Waals surface area contributed by atoms with E-state index < -0.39 is 14.2 Å². The Morgan fingerprint density at radius 1 is 1.11 bits per heavy atom. The smallest absolute Gasteiger partial charge is 0.417 e. The normalized spacial score (nSPS) is 17.9. The minimum Gasteiger partial charge on any atom is -0.447 e. The van der Waals surface area contributed by atoms with Crippen molar-refractivity contribution in [3.63, 3.8) is 0 Å². The molecule has 1 heterocycles. The zero-order chi connectivity index (χ0) is 27.8. The van der Waals surface area contributed by atoms with Crippen LogP contribution >= 0.6 is 0 Å². The molecule has 0 radical (unpaired) electrons. The number of hydrogen-bond acceptors (Lipinski definition) is 4. The Morgan fingerprint density at radius 2 is 1.74 bits per heavy atom. The van der Waals surface area contributed by atoms with Crippen LogP contribution in [-0.2, 0) is 20.9 Å². The zero-order valence-corrected chi connectivity index (χ0v) is 24.6. The fraction of sp³-hybridized carbons (Fsp3) is 0.438. The van der Waals surface area contributed by atoms with Crippen LogP contribution in [-0.4, -0.2) is 43.7 Å². The van der Waals surface area contributed by atoms with Crippen molar-refractivity contribution in [3.8, 4) is 0 Å². The van der Waals surface area contributed by atoms with Gasteiger partial charge in [0, 0.05) is 0 Å². The molecular formula is C32H43NO4Si. The van der Waals surface area contributed by atoms with E-state index in [-0.39, 0.29) is 30.1 Å². The molecule has 2 aromatic carbocycles. The molecule has 38 heavy (non-hydrogen) atoms. The van der Waals surface area contributed by atoms with Crippen LogP contribution < -0.4 is 5.19 Å². The number of allylic oxidation sites excluding steroid dienone is 1. The topological polar surface area (TPSA) is 55.8 Å². The van der Waals surface area contributed by atoms with Crippen molar-refractivity contribution in [2.75, 3.05) is 6.61 Å². The van der Waals surface area contributed by atoms with Gasteiger partial charge in [-0.2, -0.15) is 0 Å². The molecule has 0 aromatic heterocycles. The highest BCUT2D eigenvalue weighted by atomic mass is 28.3. The Kier molecular flexibility index (Phi) is 10.3. The number of carbonyl (C=O) groups is 2. The maximum absolute atomic E-state index is 13.1. The highest BCUT2D eigenvalue weighted by Crippen LogP contribution is 2.34. The summed E-state index contributed by atoms with van der Waals surface area (Å²) in [5.74, 6) is -0.312. The van der Waals surface area contributed by atoms with Crippen LogP contribution in [0.15, 0.2) is 85.5 Å². The first-order valence-corrected chi connectivity index (χ1v) is 16.6. The van der Waals surface area contributed by atoms with Crippen LogP contribution in [0.1, 0.15) is 45.6 Å². The first-order chi connectivity index (χ1) is 18.0. The van der Waals surface area contributed by atoms with E-state index in [9.17, 15) is 9.59 Å². The average molecular weight is 534 g/mol. The standard InChI is InChI=1S/C32H43NO4Si/c1-7-15-26(36-23-25-16-10-8-11-17-25)22-28(38(5,6)27-18-12-9-13-19-27)20-14-21-30(34)33-29(32(2,3)4)24-37-31(33)35/h7-14,16-19,21,26,28-29H,1,15,20,22-24H2,2-6H3/b21-14+/t26-,28+,29-/m1/s1. The minimum atomic E-state index is -1.95. The van der Waals surface area contributed by atoms with Crippen molar-refractivity contribution in [1.82, 2.24) is 4.90 Å². The summed E-state index contributed by atoms with van der Waals surface area (Å²) < 4.78 is 11.6. The predicted molar refractivity (Wildman–Crippen MR) is 157 cm³/mol. The van der Waals surface area contributed by atoms with Gasteiger partial charge in [0.25, 0.3) is 5.91 Å². The lowest BCUT2D eigenvalue weighted by atomic mass is 9.86. The van der Waals surface area contributed by atoms with Gasteiger partial charge >= 0.3 is 6.09 Å². The second kappa shape index (κ2) is 13.2. The molecule has 5 nitrogen and oxygen atoms in total. The summed E-state index contributed by atoms with van der Waals surface area (Å²) in [5.41, 5.74) is 1.21. The van der Waals surface area contributed by atoms with Crippen molar-refractivity contribution in [1.29, 1.82) is 0 Å². The van der Waals surface area contributed by atoms with Gasteiger partial charge in [-0.05, 0) is 41.9 Å². The molecule has 2 aromatic rings. The number of ether oxygens (including phenoxy) is 2. The Balaban J connectivity index is 1.79. The van der Waals surface area contributed by atoms with Gasteiger partial charge in [0.2, 0.25) is 0 Å². The molecule has 0 bridgehead atoms. The molecule has 1 aliphatic rings. The second-order valence-electron chi connectivity index (χ2n) is 11.8. The predicted octanol–water partition coefficient (Wildman–Crippen LogP) is 6.86. The molecule has 3 rings (SSSR count). The van der Waals surface area contributed by atoms with Gasteiger partial charge in [-0.25, -0.2) is 9.69 Å². The van der Waals surface area contributed by atoms with Crippen molar-refractivity contribution in [2.45, 2.75) is 77.4 Å². The zero-order valence-electron chi connectivity index (χ0n) is 23.6. The van der Waals surface area contributed by atoms with E-state index in [1.807, 2.05) is 57.2 Å². The van der Waals surface area contributed by atoms with Crippen molar-refractivity contribution >= 4 is 25.3 Å². The molecule has 1 aliphatic heterocycles. The number of imide groups is 1. The summed E-state index contributed by atoms with van der Waals surface area (Å²) in [4.78, 5) is 26.7. The molecule has 0 unspecified atom stereocenters. The van der Waals surface area contributed by atoms with E-state index in [1.54, 1.807) is 6.08 Å². The van der Waals surface area contributed by atoms with Crippen molar-refractivity contribution in [3.05, 3.63) is 91.0 Å². The van der Waals surface area contributed by atoms with Crippen LogP contribution in [0.2, 0.25) is 18.6 Å². The number of cyclic esters (lactones) is 1. The monoisotopic (exact) mass is 533 g/mol. The highest BCUT2D eigenvalue weighted by Gasteiger charge is 2.43. The number of benzene rings is 2. The summed E-state index contributed by atoms with van der Waals surface area (Å²) in [6.07, 6.45) is 7.24. The fourth-order valence-corrected chi connectivity index (χ4v) is 8.13.